The Labute approximate surface area is 154 Å². The summed E-state index contributed by atoms with van der Waals surface area (Å²) in [5.74, 6) is -1.08. The first kappa shape index (κ1) is 25.9. The maximum atomic E-state index is 9.49. The third-order valence-electron chi connectivity index (χ3n) is 0.169. The maximum absolute atomic E-state index is 9.49. The first-order valence-corrected chi connectivity index (χ1v) is 6.47. The van der Waals surface area contributed by atoms with Crippen molar-refractivity contribution >= 4 is 5.97 Å². The standard InChI is InChI=1S/C2H4O2.2Cr.K.Na.H2O.6O/c1-2(3)4;;;;;;;;;;;/h1H3,(H,3,4);;;;;1H2;;;;;;/q;;3*+1;;;;;;;-1/p-2. The Morgan fingerprint density at radius 2 is 1.47 bits per heavy atom. The molecule has 0 amide bonds. The molecule has 1 N–H and O–H groups in total. The molecule has 0 atom stereocenters. The zero-order valence-electron chi connectivity index (χ0n) is 8.03. The molecule has 0 aromatic rings. The zero-order chi connectivity index (χ0) is 11.3. The first-order chi connectivity index (χ1) is 5.44. The first-order valence-electron chi connectivity index (χ1n) is 2.26. The number of carboxylic acid groups (broad SMARTS) is 1. The van der Waals surface area contributed by atoms with Crippen LogP contribution in [0.4, 0.5) is 0 Å². The van der Waals surface area contributed by atoms with Gasteiger partial charge in [0.2, 0.25) is 0 Å². The minimum absolute atomic E-state index is 0. The molecule has 0 aromatic carbocycles. The van der Waals surface area contributed by atoms with E-state index in [9.17, 15) is 19.4 Å². The van der Waals surface area contributed by atoms with Crippen LogP contribution in [0, 0.1) is 0 Å². The number of hydrogen-bond donors (Lipinski definition) is 1. The van der Waals surface area contributed by atoms with Gasteiger partial charge in [0, 0.05) is 5.97 Å². The summed E-state index contributed by atoms with van der Waals surface area (Å²) in [5.41, 5.74) is 0. The number of carbonyl (C=O) groups is 1. The predicted molar refractivity (Wildman–Crippen MR) is 16.7 cm³/mol. The fraction of sp³-hybridized carbons (Fsp3) is 0.500. The molecule has 0 rings (SSSR count). The topological polar surface area (TPSA) is 161 Å². The Kier molecular flexibility index (Phi) is 19.6. The number of carboxylic acids is 1. The van der Waals surface area contributed by atoms with Crippen LogP contribution in [0.1, 0.15) is 6.92 Å². The molecule has 0 aromatic heterocycles. The fourth-order valence-electron chi connectivity index (χ4n) is 0.105. The van der Waals surface area contributed by atoms with Crippen molar-refractivity contribution in [1.29, 1.82) is 0 Å². The Morgan fingerprint density at radius 1 is 1.27 bits per heavy atom. The van der Waals surface area contributed by atoms with Crippen molar-refractivity contribution in [1.82, 2.24) is 0 Å². The molecule has 0 unspecified atom stereocenters. The van der Waals surface area contributed by atoms with Crippen LogP contribution in [-0.4, -0.2) is 10.1 Å². The minimum atomic E-state index is -6.01. The molecule has 0 aliphatic carbocycles. The monoisotopic (exact) mass is 338 g/mol. The molecule has 15 heavy (non-hydrogen) atoms. The Bertz CT molecular complexity index is 322. The summed E-state index contributed by atoms with van der Waals surface area (Å²) >= 11 is -11.8. The average molecular weight is 338 g/mol. The van der Waals surface area contributed by atoms with Crippen molar-refractivity contribution in [3.05, 3.63) is 0 Å². The molecular formula is C2H4Cr2KNaO9. The van der Waals surface area contributed by atoms with Gasteiger partial charge < -0.3 is 9.90 Å². The molecule has 0 aliphatic rings. The number of rotatable bonds is 2. The van der Waals surface area contributed by atoms with Gasteiger partial charge in [-0.2, -0.15) is 0 Å². The van der Waals surface area contributed by atoms with Crippen molar-refractivity contribution < 1.29 is 144 Å². The zero-order valence-corrected chi connectivity index (χ0v) is 15.7. The van der Waals surface area contributed by atoms with Gasteiger partial charge in [0.05, 0.1) is 0 Å². The van der Waals surface area contributed by atoms with Crippen molar-refractivity contribution in [2.45, 2.75) is 6.92 Å². The second-order valence-corrected chi connectivity index (χ2v) is 5.10. The van der Waals surface area contributed by atoms with Crippen LogP contribution in [0.5, 0.6) is 0 Å². The summed E-state index contributed by atoms with van der Waals surface area (Å²) in [4.78, 5) is 8.89. The summed E-state index contributed by atoms with van der Waals surface area (Å²) in [5, 5.41) is 8.89. The van der Waals surface area contributed by atoms with Gasteiger partial charge in [0.15, 0.2) is 0 Å². The summed E-state index contributed by atoms with van der Waals surface area (Å²) in [6.45, 7) is 0.972. The molecule has 0 aliphatic heterocycles. The Morgan fingerprint density at radius 3 is 1.47 bits per heavy atom. The quantitative estimate of drug-likeness (QED) is 0.482. The van der Waals surface area contributed by atoms with Crippen LogP contribution in [0.25, 0.3) is 0 Å². The van der Waals surface area contributed by atoms with E-state index in [0.29, 0.717) is 0 Å². The number of hydrogen-bond acceptors (Lipinski definition) is 8. The average Bonchev–Trinajstić information content (AvgIpc) is 1.47. The van der Waals surface area contributed by atoms with Crippen LogP contribution in [0.2, 0.25) is 0 Å². The molecule has 0 saturated carbocycles. The van der Waals surface area contributed by atoms with Crippen LogP contribution in [0.3, 0.4) is 0 Å². The van der Waals surface area contributed by atoms with Crippen molar-refractivity contribution in [3.63, 3.8) is 0 Å². The second-order valence-electron chi connectivity index (χ2n) is 1.40. The van der Waals surface area contributed by atoms with E-state index < -0.39 is 33.2 Å². The third kappa shape index (κ3) is 48.5. The van der Waals surface area contributed by atoms with Crippen LogP contribution in [0.15, 0.2) is 0 Å². The predicted octanol–water partition coefficient (Wildman–Crippen LogP) is -9.53. The molecule has 0 heterocycles. The SMILES string of the molecule is CC(=O)[O-].[K+].[Na+].[O]=[Cr](=[O])([O-])[O][Cr](=[O])(=[O])[OH]. The molecule has 0 radical (unpaired) electrons. The molecule has 0 bridgehead atoms. The van der Waals surface area contributed by atoms with Crippen molar-refractivity contribution in [2.24, 2.45) is 0 Å². The second kappa shape index (κ2) is 11.3. The van der Waals surface area contributed by atoms with E-state index in [1.807, 2.05) is 0 Å². The molecule has 13 heteroatoms. The van der Waals surface area contributed by atoms with Gasteiger partial charge in [0.25, 0.3) is 0 Å². The number of carbonyl (C=O) groups excluding carboxylic acids is 1. The summed E-state index contributed by atoms with van der Waals surface area (Å²) in [7, 11) is 0. The normalized spacial score (nSPS) is 9.80. The fourth-order valence-corrected chi connectivity index (χ4v) is 1.79. The van der Waals surface area contributed by atoms with E-state index >= 15 is 0 Å². The van der Waals surface area contributed by atoms with E-state index in [4.69, 9.17) is 14.1 Å². The molecular weight excluding hydrogens is 334 g/mol. The Hall–Kier alpha value is 2.25. The molecule has 9 nitrogen and oxygen atoms in total. The van der Waals surface area contributed by atoms with E-state index in [1.54, 1.807) is 0 Å². The van der Waals surface area contributed by atoms with E-state index in [2.05, 4.69) is 2.84 Å². The molecule has 0 fully saturated rings. The van der Waals surface area contributed by atoms with Gasteiger partial charge in [-0.1, -0.05) is 0 Å². The van der Waals surface area contributed by atoms with Gasteiger partial charge in [-0.15, -0.1) is 0 Å². The van der Waals surface area contributed by atoms with Crippen LogP contribution in [-0.2, 0) is 50.1 Å². The number of aliphatic carboxylic acids is 1. The van der Waals surface area contributed by atoms with Crippen molar-refractivity contribution in [3.8, 4) is 0 Å². The van der Waals surface area contributed by atoms with Gasteiger partial charge in [0.1, 0.15) is 0 Å². The van der Waals surface area contributed by atoms with Crippen LogP contribution < -0.4 is 90.2 Å². The summed E-state index contributed by atoms with van der Waals surface area (Å²) in [6, 6.07) is 0. The van der Waals surface area contributed by atoms with Gasteiger partial charge >= 0.3 is 135 Å². The summed E-state index contributed by atoms with van der Waals surface area (Å²) in [6.07, 6.45) is 0. The third-order valence-corrected chi connectivity index (χ3v) is 2.88. The van der Waals surface area contributed by atoms with Crippen molar-refractivity contribution in [2.75, 3.05) is 0 Å². The van der Waals surface area contributed by atoms with E-state index in [0.717, 1.165) is 6.92 Å². The molecule has 80 valence electrons. The van der Waals surface area contributed by atoms with E-state index in [-0.39, 0.29) is 80.9 Å². The van der Waals surface area contributed by atoms with Gasteiger partial charge in [-0.3, -0.25) is 0 Å². The van der Waals surface area contributed by atoms with Gasteiger partial charge in [-0.25, -0.2) is 0 Å². The Balaban J connectivity index is -0.0000000883. The molecule has 0 saturated heterocycles. The van der Waals surface area contributed by atoms with Gasteiger partial charge in [-0.05, 0) is 6.92 Å². The van der Waals surface area contributed by atoms with E-state index in [1.165, 1.54) is 0 Å². The van der Waals surface area contributed by atoms with Crippen LogP contribution >= 0.6 is 0 Å². The summed E-state index contributed by atoms with van der Waals surface area (Å²) < 4.78 is 57.6. The molecule has 0 spiro atoms.